The van der Waals surface area contributed by atoms with Crippen molar-refractivity contribution in [1.82, 2.24) is 4.90 Å². The van der Waals surface area contributed by atoms with Crippen LogP contribution in [0.4, 0.5) is 0 Å². The van der Waals surface area contributed by atoms with E-state index in [1.165, 1.54) is 25.7 Å². The van der Waals surface area contributed by atoms with E-state index in [4.69, 9.17) is 15.2 Å². The second kappa shape index (κ2) is 9.73. The normalized spacial score (nSPS) is 24.7. The third kappa shape index (κ3) is 6.14. The van der Waals surface area contributed by atoms with Gasteiger partial charge in [-0.1, -0.05) is 6.92 Å². The molecule has 4 nitrogen and oxygen atoms in total. The monoisotopic (exact) mass is 258 g/mol. The van der Waals surface area contributed by atoms with Crippen molar-refractivity contribution >= 4 is 0 Å². The second-order valence-electron chi connectivity index (χ2n) is 5.16. The second-order valence-corrected chi connectivity index (χ2v) is 5.16. The van der Waals surface area contributed by atoms with Crippen LogP contribution in [0.5, 0.6) is 0 Å². The Hall–Kier alpha value is -0.160. The van der Waals surface area contributed by atoms with Crippen LogP contribution in [0.15, 0.2) is 0 Å². The van der Waals surface area contributed by atoms with E-state index in [2.05, 4.69) is 11.8 Å². The molecule has 18 heavy (non-hydrogen) atoms. The average molecular weight is 258 g/mol. The maximum absolute atomic E-state index is 5.95. The Morgan fingerprint density at radius 2 is 1.83 bits per heavy atom. The van der Waals surface area contributed by atoms with Crippen molar-refractivity contribution in [3.8, 4) is 0 Å². The lowest BCUT2D eigenvalue weighted by Gasteiger charge is -2.35. The molecule has 1 rings (SSSR count). The van der Waals surface area contributed by atoms with Crippen molar-refractivity contribution in [2.45, 2.75) is 51.1 Å². The van der Waals surface area contributed by atoms with Crippen molar-refractivity contribution in [3.63, 3.8) is 0 Å². The Morgan fingerprint density at radius 3 is 2.44 bits per heavy atom. The number of nitrogens with zero attached hydrogens (tertiary/aromatic N) is 1. The lowest BCUT2D eigenvalue weighted by molar-refractivity contribution is 0.0657. The molecule has 2 N–H and O–H groups in total. The number of nitrogens with two attached hydrogens (primary N) is 1. The Bertz CT molecular complexity index is 194. The first-order valence-electron chi connectivity index (χ1n) is 7.34. The Kier molecular flexibility index (Phi) is 8.59. The highest BCUT2D eigenvalue weighted by molar-refractivity contribution is 4.80. The standard InChI is InChI=1S/C14H30N2O2/c1-3-16(9-12-18-11-4-10-17-2)14-7-5-13(15)6-8-14/h13-14H,3-12,15H2,1-2H3. The van der Waals surface area contributed by atoms with Crippen molar-refractivity contribution in [2.24, 2.45) is 5.73 Å². The van der Waals surface area contributed by atoms with Gasteiger partial charge in [-0.2, -0.15) is 0 Å². The maximum atomic E-state index is 5.95. The van der Waals surface area contributed by atoms with E-state index in [0.29, 0.717) is 6.04 Å². The maximum Gasteiger partial charge on any atom is 0.0593 e. The van der Waals surface area contributed by atoms with Crippen LogP contribution in [0.1, 0.15) is 39.0 Å². The van der Waals surface area contributed by atoms with E-state index >= 15 is 0 Å². The van der Waals surface area contributed by atoms with Gasteiger partial charge in [0.1, 0.15) is 0 Å². The summed E-state index contributed by atoms with van der Waals surface area (Å²) in [5, 5.41) is 0. The van der Waals surface area contributed by atoms with Crippen LogP contribution >= 0.6 is 0 Å². The van der Waals surface area contributed by atoms with Gasteiger partial charge in [0, 0.05) is 39.0 Å². The molecule has 1 fully saturated rings. The lowest BCUT2D eigenvalue weighted by Crippen LogP contribution is -2.42. The predicted octanol–water partition coefficient (Wildman–Crippen LogP) is 1.63. The van der Waals surface area contributed by atoms with Gasteiger partial charge in [-0.05, 0) is 38.6 Å². The quantitative estimate of drug-likeness (QED) is 0.639. The third-order valence-corrected chi connectivity index (χ3v) is 3.82. The SMILES string of the molecule is CCN(CCOCCCOC)C1CCC(N)CC1. The molecule has 0 aromatic heterocycles. The first kappa shape index (κ1) is 15.9. The van der Waals surface area contributed by atoms with E-state index in [0.717, 1.165) is 45.4 Å². The third-order valence-electron chi connectivity index (χ3n) is 3.82. The minimum atomic E-state index is 0.435. The van der Waals surface area contributed by atoms with Crippen LogP contribution in [0, 0.1) is 0 Å². The first-order chi connectivity index (χ1) is 8.77. The zero-order chi connectivity index (χ0) is 13.2. The minimum absolute atomic E-state index is 0.435. The van der Waals surface area contributed by atoms with Gasteiger partial charge in [-0.3, -0.25) is 4.90 Å². The van der Waals surface area contributed by atoms with Gasteiger partial charge >= 0.3 is 0 Å². The van der Waals surface area contributed by atoms with Gasteiger partial charge in [0.2, 0.25) is 0 Å². The summed E-state index contributed by atoms with van der Waals surface area (Å²) in [5.74, 6) is 0. The molecule has 4 heteroatoms. The van der Waals surface area contributed by atoms with Crippen LogP contribution < -0.4 is 5.73 Å². The van der Waals surface area contributed by atoms with E-state index in [-0.39, 0.29) is 0 Å². The van der Waals surface area contributed by atoms with Crippen LogP contribution in [-0.4, -0.2) is 57.0 Å². The van der Waals surface area contributed by atoms with Gasteiger partial charge in [0.25, 0.3) is 0 Å². The zero-order valence-electron chi connectivity index (χ0n) is 12.1. The molecule has 0 spiro atoms. The lowest BCUT2D eigenvalue weighted by atomic mass is 9.91. The fourth-order valence-electron chi connectivity index (χ4n) is 2.65. The number of rotatable bonds is 9. The predicted molar refractivity (Wildman–Crippen MR) is 74.8 cm³/mol. The summed E-state index contributed by atoms with van der Waals surface area (Å²) in [4.78, 5) is 2.54. The van der Waals surface area contributed by atoms with Crippen LogP contribution in [0.3, 0.4) is 0 Å². The molecular weight excluding hydrogens is 228 g/mol. The Labute approximate surface area is 112 Å². The summed E-state index contributed by atoms with van der Waals surface area (Å²) in [6.07, 6.45) is 5.84. The van der Waals surface area contributed by atoms with Crippen molar-refractivity contribution in [1.29, 1.82) is 0 Å². The van der Waals surface area contributed by atoms with Crippen molar-refractivity contribution in [3.05, 3.63) is 0 Å². The number of ether oxygens (including phenoxy) is 2. The summed E-state index contributed by atoms with van der Waals surface area (Å²) >= 11 is 0. The van der Waals surface area contributed by atoms with Crippen molar-refractivity contribution in [2.75, 3.05) is 40.0 Å². The van der Waals surface area contributed by atoms with E-state index in [1.54, 1.807) is 7.11 Å². The molecule has 108 valence electrons. The molecule has 0 aromatic rings. The van der Waals surface area contributed by atoms with E-state index in [9.17, 15) is 0 Å². The molecule has 0 bridgehead atoms. The fourth-order valence-corrected chi connectivity index (χ4v) is 2.65. The number of likely N-dealkylation sites (N-methyl/N-ethyl adjacent to an activating group) is 1. The summed E-state index contributed by atoms with van der Waals surface area (Å²) in [7, 11) is 1.73. The molecule has 1 aliphatic rings. The van der Waals surface area contributed by atoms with Crippen LogP contribution in [0.2, 0.25) is 0 Å². The summed E-state index contributed by atoms with van der Waals surface area (Å²) in [6.45, 7) is 6.82. The van der Waals surface area contributed by atoms with Gasteiger partial charge in [-0.15, -0.1) is 0 Å². The molecule has 0 radical (unpaired) electrons. The number of hydrogen-bond acceptors (Lipinski definition) is 4. The Balaban J connectivity index is 2.09. The van der Waals surface area contributed by atoms with E-state index in [1.807, 2.05) is 0 Å². The molecule has 0 aliphatic heterocycles. The van der Waals surface area contributed by atoms with Crippen molar-refractivity contribution < 1.29 is 9.47 Å². The smallest absolute Gasteiger partial charge is 0.0593 e. The Morgan fingerprint density at radius 1 is 1.11 bits per heavy atom. The van der Waals surface area contributed by atoms with E-state index < -0.39 is 0 Å². The molecule has 1 saturated carbocycles. The summed E-state index contributed by atoms with van der Waals surface area (Å²) < 4.78 is 10.6. The molecule has 0 atom stereocenters. The van der Waals surface area contributed by atoms with Gasteiger partial charge in [0.15, 0.2) is 0 Å². The highest BCUT2D eigenvalue weighted by atomic mass is 16.5. The number of hydrogen-bond donors (Lipinski definition) is 1. The minimum Gasteiger partial charge on any atom is -0.385 e. The molecule has 0 aromatic carbocycles. The largest absolute Gasteiger partial charge is 0.385 e. The van der Waals surface area contributed by atoms with Crippen LogP contribution in [-0.2, 0) is 9.47 Å². The summed E-state index contributed by atoms with van der Waals surface area (Å²) in [5.41, 5.74) is 5.95. The molecule has 0 saturated heterocycles. The molecule has 0 unspecified atom stereocenters. The van der Waals surface area contributed by atoms with Gasteiger partial charge in [-0.25, -0.2) is 0 Å². The topological polar surface area (TPSA) is 47.7 Å². The average Bonchev–Trinajstić information content (AvgIpc) is 2.39. The number of methoxy groups -OCH3 is 1. The first-order valence-corrected chi connectivity index (χ1v) is 7.34. The molecule has 1 aliphatic carbocycles. The van der Waals surface area contributed by atoms with Gasteiger partial charge < -0.3 is 15.2 Å². The molecule has 0 amide bonds. The van der Waals surface area contributed by atoms with Gasteiger partial charge in [0.05, 0.1) is 6.61 Å². The molecule has 0 heterocycles. The molecular formula is C14H30N2O2. The summed E-state index contributed by atoms with van der Waals surface area (Å²) in [6, 6.07) is 1.16. The fraction of sp³-hybridized carbons (Fsp3) is 1.00. The highest BCUT2D eigenvalue weighted by Crippen LogP contribution is 2.21. The highest BCUT2D eigenvalue weighted by Gasteiger charge is 2.22. The zero-order valence-corrected chi connectivity index (χ0v) is 12.1. The van der Waals surface area contributed by atoms with Crippen LogP contribution in [0.25, 0.3) is 0 Å².